The maximum atomic E-state index is 12.6. The molecule has 0 spiro atoms. The van der Waals surface area contributed by atoms with Crippen LogP contribution in [0.2, 0.25) is 0 Å². The van der Waals surface area contributed by atoms with E-state index in [0.29, 0.717) is 6.42 Å². The topological polar surface area (TPSA) is 55.8 Å². The number of rotatable bonds is 10. The molecular formula is C24H40O4. The Morgan fingerprint density at radius 2 is 1.54 bits per heavy atom. The van der Waals surface area contributed by atoms with Crippen molar-refractivity contribution in [3.05, 3.63) is 34.9 Å². The summed E-state index contributed by atoms with van der Waals surface area (Å²) in [6.45, 7) is 10.5. The first-order valence-electron chi connectivity index (χ1n) is 10.4. The molecule has 1 saturated carbocycles. The van der Waals surface area contributed by atoms with Crippen LogP contribution >= 0.6 is 0 Å². The second-order valence-corrected chi connectivity index (χ2v) is 8.40. The van der Waals surface area contributed by atoms with E-state index in [1.807, 2.05) is 6.92 Å². The van der Waals surface area contributed by atoms with Crippen molar-refractivity contribution in [2.24, 2.45) is 11.8 Å². The number of hydrogen-bond donors (Lipinski definition) is 1. The Bertz CT molecular complexity index is 583. The number of aliphatic hydroxyl groups is 1. The molecule has 0 aromatic rings. The molecule has 0 aromatic carbocycles. The second kappa shape index (κ2) is 12.4. The van der Waals surface area contributed by atoms with E-state index >= 15 is 0 Å². The third kappa shape index (κ3) is 7.31. The molecular weight excluding hydrogens is 352 g/mol. The second-order valence-electron chi connectivity index (χ2n) is 8.40. The van der Waals surface area contributed by atoms with Gasteiger partial charge in [0.25, 0.3) is 0 Å². The number of methoxy groups -OCH3 is 2. The van der Waals surface area contributed by atoms with Crippen LogP contribution in [-0.2, 0) is 14.3 Å². The van der Waals surface area contributed by atoms with E-state index in [0.717, 1.165) is 25.7 Å². The Hall–Kier alpha value is -1.23. The van der Waals surface area contributed by atoms with Crippen LogP contribution in [0.1, 0.15) is 66.7 Å². The van der Waals surface area contributed by atoms with Gasteiger partial charge in [0.2, 0.25) is 0 Å². The minimum Gasteiger partial charge on any atom is -0.390 e. The Balaban J connectivity index is 2.59. The Labute approximate surface area is 171 Å². The summed E-state index contributed by atoms with van der Waals surface area (Å²) in [5.74, 6) is -0.363. The number of aliphatic hydroxyl groups excluding tert-OH is 1. The molecule has 0 amide bonds. The van der Waals surface area contributed by atoms with Crippen LogP contribution in [-0.4, -0.2) is 43.4 Å². The number of carbonyl (C=O) groups excluding carboxylic acids is 1. The van der Waals surface area contributed by atoms with Gasteiger partial charge in [-0.3, -0.25) is 4.79 Å². The van der Waals surface area contributed by atoms with Gasteiger partial charge in [0.05, 0.1) is 6.10 Å². The Morgan fingerprint density at radius 1 is 0.964 bits per heavy atom. The summed E-state index contributed by atoms with van der Waals surface area (Å²) in [4.78, 5) is 12.6. The van der Waals surface area contributed by atoms with Crippen LogP contribution in [0.4, 0.5) is 0 Å². The standard InChI is InChI=1S/C24H40O4/c1-16(2)10-8-11-17(3)12-9-13-18(4)14-15-20-19(5)21(25)23(27-6)24(28-7)22(20)26/h10,12,14,19-20,22-24,26H,8-9,11,13,15H2,1-7H3/b17-12+,18-14+/t19-,20-,22-,23-,24+/m0/s1. The fourth-order valence-corrected chi connectivity index (χ4v) is 3.88. The molecule has 0 aromatic heterocycles. The van der Waals surface area contributed by atoms with Gasteiger partial charge in [-0.05, 0) is 59.8 Å². The van der Waals surface area contributed by atoms with E-state index in [-0.39, 0.29) is 17.6 Å². The molecule has 1 fully saturated rings. The lowest BCUT2D eigenvalue weighted by atomic mass is 9.72. The maximum absolute atomic E-state index is 12.6. The van der Waals surface area contributed by atoms with E-state index in [9.17, 15) is 9.90 Å². The molecule has 1 rings (SSSR count). The van der Waals surface area contributed by atoms with Gasteiger partial charge in [0.1, 0.15) is 12.2 Å². The number of allylic oxidation sites excluding steroid dienone is 6. The summed E-state index contributed by atoms with van der Waals surface area (Å²) in [5.41, 5.74) is 4.10. The van der Waals surface area contributed by atoms with Crippen molar-refractivity contribution in [2.75, 3.05) is 14.2 Å². The molecule has 0 bridgehead atoms. The first kappa shape index (κ1) is 24.8. The number of Topliss-reactive ketones (excluding diaryl/α,β-unsaturated/α-hetero) is 1. The molecule has 4 heteroatoms. The van der Waals surface area contributed by atoms with Crippen molar-refractivity contribution in [2.45, 2.75) is 85.0 Å². The summed E-state index contributed by atoms with van der Waals surface area (Å²) in [5, 5.41) is 10.7. The minimum atomic E-state index is -0.705. The lowest BCUT2D eigenvalue weighted by Crippen LogP contribution is -2.57. The van der Waals surface area contributed by atoms with Crippen molar-refractivity contribution in [3.8, 4) is 0 Å². The first-order valence-corrected chi connectivity index (χ1v) is 10.4. The van der Waals surface area contributed by atoms with E-state index in [1.165, 1.54) is 30.9 Å². The summed E-state index contributed by atoms with van der Waals surface area (Å²) in [6, 6.07) is 0. The quantitative estimate of drug-likeness (QED) is 0.530. The van der Waals surface area contributed by atoms with Crippen molar-refractivity contribution in [1.29, 1.82) is 0 Å². The van der Waals surface area contributed by atoms with Gasteiger partial charge in [-0.15, -0.1) is 0 Å². The molecule has 4 nitrogen and oxygen atoms in total. The number of ketones is 1. The molecule has 0 heterocycles. The minimum absolute atomic E-state index is 0.0191. The average Bonchev–Trinajstić information content (AvgIpc) is 2.64. The molecule has 1 N–H and O–H groups in total. The van der Waals surface area contributed by atoms with Gasteiger partial charge in [-0.25, -0.2) is 0 Å². The van der Waals surface area contributed by atoms with E-state index in [2.05, 4.69) is 45.9 Å². The van der Waals surface area contributed by atoms with Gasteiger partial charge in [-0.1, -0.05) is 41.9 Å². The summed E-state index contributed by atoms with van der Waals surface area (Å²) in [7, 11) is 3.02. The van der Waals surface area contributed by atoms with Crippen molar-refractivity contribution >= 4 is 5.78 Å². The van der Waals surface area contributed by atoms with Gasteiger partial charge < -0.3 is 14.6 Å². The zero-order valence-corrected chi connectivity index (χ0v) is 18.8. The monoisotopic (exact) mass is 392 g/mol. The van der Waals surface area contributed by atoms with Crippen molar-refractivity contribution in [3.63, 3.8) is 0 Å². The number of ether oxygens (including phenoxy) is 2. The maximum Gasteiger partial charge on any atom is 0.167 e. The summed E-state index contributed by atoms with van der Waals surface area (Å²) in [6.07, 6.45) is 9.71. The first-order chi connectivity index (χ1) is 13.2. The SMILES string of the molecule is CO[C@@H]1[C@@H](O)[C@@H](C/C=C(\C)CC/C=C(\C)CCC=C(C)C)[C@H](C)C(=O)[C@@H]1OC. The zero-order valence-electron chi connectivity index (χ0n) is 18.8. The predicted octanol–water partition coefficient (Wildman–Crippen LogP) is 5.02. The van der Waals surface area contributed by atoms with Crippen molar-refractivity contribution < 1.29 is 19.4 Å². The van der Waals surface area contributed by atoms with E-state index < -0.39 is 18.3 Å². The molecule has 1 aliphatic carbocycles. The smallest absolute Gasteiger partial charge is 0.167 e. The van der Waals surface area contributed by atoms with E-state index in [1.54, 1.807) is 0 Å². The predicted molar refractivity (Wildman–Crippen MR) is 115 cm³/mol. The fraction of sp³-hybridized carbons (Fsp3) is 0.708. The normalized spacial score (nSPS) is 29.1. The highest BCUT2D eigenvalue weighted by Crippen LogP contribution is 2.34. The highest BCUT2D eigenvalue weighted by Gasteiger charge is 2.47. The van der Waals surface area contributed by atoms with Crippen LogP contribution in [0.3, 0.4) is 0 Å². The molecule has 0 aliphatic heterocycles. The molecule has 1 aliphatic rings. The van der Waals surface area contributed by atoms with Gasteiger partial charge in [0.15, 0.2) is 5.78 Å². The Kier molecular flexibility index (Phi) is 10.9. The van der Waals surface area contributed by atoms with Crippen molar-refractivity contribution in [1.82, 2.24) is 0 Å². The molecule has 0 saturated heterocycles. The van der Waals surface area contributed by atoms with Crippen LogP contribution in [0.5, 0.6) is 0 Å². The average molecular weight is 393 g/mol. The van der Waals surface area contributed by atoms with Crippen LogP contribution in [0.25, 0.3) is 0 Å². The highest BCUT2D eigenvalue weighted by molar-refractivity contribution is 5.87. The van der Waals surface area contributed by atoms with Crippen LogP contribution in [0.15, 0.2) is 34.9 Å². The third-order valence-corrected chi connectivity index (χ3v) is 5.83. The Morgan fingerprint density at radius 3 is 2.07 bits per heavy atom. The molecule has 5 atom stereocenters. The number of hydrogen-bond acceptors (Lipinski definition) is 4. The summed E-state index contributed by atoms with van der Waals surface area (Å²) < 4.78 is 10.7. The fourth-order valence-electron chi connectivity index (χ4n) is 3.88. The number of carbonyl (C=O) groups is 1. The lowest BCUT2D eigenvalue weighted by Gasteiger charge is -2.41. The van der Waals surface area contributed by atoms with Gasteiger partial charge >= 0.3 is 0 Å². The largest absolute Gasteiger partial charge is 0.390 e. The summed E-state index contributed by atoms with van der Waals surface area (Å²) >= 11 is 0. The molecule has 0 unspecified atom stereocenters. The van der Waals surface area contributed by atoms with Crippen LogP contribution in [0, 0.1) is 11.8 Å². The zero-order chi connectivity index (χ0) is 21.3. The third-order valence-electron chi connectivity index (χ3n) is 5.83. The van der Waals surface area contributed by atoms with E-state index in [4.69, 9.17) is 9.47 Å². The molecule has 0 radical (unpaired) electrons. The highest BCUT2D eigenvalue weighted by atomic mass is 16.5. The molecule has 28 heavy (non-hydrogen) atoms. The van der Waals surface area contributed by atoms with Gasteiger partial charge in [0, 0.05) is 26.1 Å². The lowest BCUT2D eigenvalue weighted by molar-refractivity contribution is -0.172. The molecule has 160 valence electrons. The van der Waals surface area contributed by atoms with Crippen LogP contribution < -0.4 is 0 Å². The van der Waals surface area contributed by atoms with Gasteiger partial charge in [-0.2, -0.15) is 0 Å².